The maximum Gasteiger partial charge on any atom is 0.139 e. The normalized spacial score (nSPS) is 44.6. The predicted octanol–water partition coefficient (Wildman–Crippen LogP) is 4.12. The first-order valence-corrected chi connectivity index (χ1v) is 8.80. The summed E-state index contributed by atoms with van der Waals surface area (Å²) >= 11 is 0. The van der Waals surface area contributed by atoms with Crippen molar-refractivity contribution in [1.29, 1.82) is 0 Å². The van der Waals surface area contributed by atoms with E-state index >= 15 is 0 Å². The topological polar surface area (TPSA) is 26.3 Å². The fourth-order valence-electron chi connectivity index (χ4n) is 6.66. The zero-order valence-electron chi connectivity index (χ0n) is 13.5. The summed E-state index contributed by atoms with van der Waals surface area (Å²) in [5, 5.41) is 0. The molecule has 1 spiro atoms. The Hall–Kier alpha value is -1.31. The Morgan fingerprint density at radius 3 is 2.95 bits per heavy atom. The summed E-state index contributed by atoms with van der Waals surface area (Å²) in [6, 6.07) is 6.66. The Kier molecular flexibility index (Phi) is 2.37. The van der Waals surface area contributed by atoms with Gasteiger partial charge in [0, 0.05) is 11.8 Å². The Bertz CT molecular complexity index is 678. The lowest BCUT2D eigenvalue weighted by Crippen LogP contribution is -2.46. The second kappa shape index (κ2) is 3.96. The number of fused-ring (bicyclic) bond motifs is 3. The van der Waals surface area contributed by atoms with E-state index in [-0.39, 0.29) is 5.41 Å². The highest BCUT2D eigenvalue weighted by Crippen LogP contribution is 2.80. The highest BCUT2D eigenvalue weighted by atomic mass is 16.5. The molecule has 5 rings (SSSR count). The van der Waals surface area contributed by atoms with Gasteiger partial charge < -0.3 is 4.74 Å². The average Bonchev–Trinajstić information content (AvgIpc) is 3.19. The molecule has 0 aliphatic heterocycles. The van der Waals surface area contributed by atoms with Gasteiger partial charge in [-0.3, -0.25) is 4.79 Å². The predicted molar refractivity (Wildman–Crippen MR) is 85.1 cm³/mol. The van der Waals surface area contributed by atoms with Crippen molar-refractivity contribution in [2.24, 2.45) is 22.7 Å². The largest absolute Gasteiger partial charge is 0.497 e. The summed E-state index contributed by atoms with van der Waals surface area (Å²) < 4.78 is 5.40. The van der Waals surface area contributed by atoms with Gasteiger partial charge in [0.15, 0.2) is 0 Å². The number of hydrogen-bond donors (Lipinski definition) is 0. The highest BCUT2D eigenvalue weighted by Gasteiger charge is 2.76. The molecule has 2 nitrogen and oxygen atoms in total. The minimum absolute atomic E-state index is 0.00278. The molecule has 3 saturated carbocycles. The molecule has 116 valence electrons. The Morgan fingerprint density at radius 2 is 2.14 bits per heavy atom. The van der Waals surface area contributed by atoms with E-state index in [9.17, 15) is 4.79 Å². The molecule has 5 atom stereocenters. The van der Waals surface area contributed by atoms with Crippen LogP contribution in [0.3, 0.4) is 0 Å². The standard InChI is InChI=1S/C20H24O2/c1-19-8-7-16-15-5-4-14(22-2)9-12(15)3-6-17(16)20(19)11-13(20)10-18(19)21/h4-5,9,13,16-17H,3,6-8,10-11H2,1-2H3/t13-,16-,17-,19-,20-/m1/s1. The van der Waals surface area contributed by atoms with E-state index in [1.54, 1.807) is 12.7 Å². The fourth-order valence-corrected chi connectivity index (χ4v) is 6.66. The van der Waals surface area contributed by atoms with Crippen molar-refractivity contribution in [1.82, 2.24) is 0 Å². The van der Waals surface area contributed by atoms with Crippen LogP contribution in [0.15, 0.2) is 18.2 Å². The first kappa shape index (κ1) is 13.2. The number of rotatable bonds is 1. The van der Waals surface area contributed by atoms with Crippen LogP contribution in [0.5, 0.6) is 5.75 Å². The number of carbonyl (C=O) groups is 1. The van der Waals surface area contributed by atoms with Crippen LogP contribution in [0.1, 0.15) is 56.1 Å². The van der Waals surface area contributed by atoms with Gasteiger partial charge in [0.25, 0.3) is 0 Å². The second-order valence-electron chi connectivity index (χ2n) is 8.26. The molecule has 0 bridgehead atoms. The molecule has 0 heterocycles. The number of carbonyl (C=O) groups excluding carboxylic acids is 1. The summed E-state index contributed by atoms with van der Waals surface area (Å²) in [5.41, 5.74) is 3.41. The van der Waals surface area contributed by atoms with Gasteiger partial charge in [0.1, 0.15) is 11.5 Å². The monoisotopic (exact) mass is 296 g/mol. The van der Waals surface area contributed by atoms with Crippen LogP contribution in [0.4, 0.5) is 0 Å². The fraction of sp³-hybridized carbons (Fsp3) is 0.650. The summed E-state index contributed by atoms with van der Waals surface area (Å²) in [5.74, 6) is 3.68. The van der Waals surface area contributed by atoms with Crippen LogP contribution >= 0.6 is 0 Å². The van der Waals surface area contributed by atoms with Gasteiger partial charge in [-0.05, 0) is 78.5 Å². The molecule has 1 aromatic carbocycles. The smallest absolute Gasteiger partial charge is 0.139 e. The van der Waals surface area contributed by atoms with Gasteiger partial charge in [-0.1, -0.05) is 13.0 Å². The van der Waals surface area contributed by atoms with Crippen molar-refractivity contribution >= 4 is 5.78 Å². The highest BCUT2D eigenvalue weighted by molar-refractivity contribution is 5.90. The maximum atomic E-state index is 12.6. The molecule has 4 aliphatic carbocycles. The Morgan fingerprint density at radius 1 is 1.27 bits per heavy atom. The van der Waals surface area contributed by atoms with Crippen molar-refractivity contribution in [2.75, 3.05) is 7.11 Å². The number of ether oxygens (including phenoxy) is 1. The van der Waals surface area contributed by atoms with E-state index in [4.69, 9.17) is 4.74 Å². The van der Waals surface area contributed by atoms with Gasteiger partial charge in [0.05, 0.1) is 7.11 Å². The molecule has 0 amide bonds. The molecule has 2 heteroatoms. The third-order valence-corrected chi connectivity index (χ3v) is 7.80. The van der Waals surface area contributed by atoms with E-state index in [0.29, 0.717) is 23.0 Å². The molecule has 0 N–H and O–H groups in total. The van der Waals surface area contributed by atoms with Crippen LogP contribution in [0.2, 0.25) is 0 Å². The molecule has 0 unspecified atom stereocenters. The molecule has 22 heavy (non-hydrogen) atoms. The second-order valence-corrected chi connectivity index (χ2v) is 8.26. The van der Waals surface area contributed by atoms with E-state index in [2.05, 4.69) is 25.1 Å². The van der Waals surface area contributed by atoms with Gasteiger partial charge in [-0.2, -0.15) is 0 Å². The third kappa shape index (κ3) is 1.32. The minimum Gasteiger partial charge on any atom is -0.497 e. The van der Waals surface area contributed by atoms with Crippen LogP contribution in [-0.4, -0.2) is 12.9 Å². The molecule has 3 fully saturated rings. The zero-order valence-corrected chi connectivity index (χ0v) is 13.5. The van der Waals surface area contributed by atoms with Crippen LogP contribution in [0, 0.1) is 22.7 Å². The van der Waals surface area contributed by atoms with E-state index in [1.165, 1.54) is 24.8 Å². The van der Waals surface area contributed by atoms with E-state index in [1.807, 2.05) is 0 Å². The average molecular weight is 296 g/mol. The Labute approximate surface area is 132 Å². The van der Waals surface area contributed by atoms with E-state index in [0.717, 1.165) is 30.9 Å². The summed E-state index contributed by atoms with van der Waals surface area (Å²) in [6.07, 6.45) is 6.92. The lowest BCUT2D eigenvalue weighted by Gasteiger charge is -2.50. The first-order chi connectivity index (χ1) is 10.6. The number of Topliss-reactive ketones (excluding diaryl/α,β-unsaturated/α-hetero) is 1. The zero-order chi connectivity index (χ0) is 15.1. The number of hydrogen-bond acceptors (Lipinski definition) is 2. The molecule has 0 aromatic heterocycles. The number of methoxy groups -OCH3 is 1. The van der Waals surface area contributed by atoms with Crippen molar-refractivity contribution in [2.45, 2.75) is 51.4 Å². The van der Waals surface area contributed by atoms with Crippen molar-refractivity contribution in [3.63, 3.8) is 0 Å². The lowest BCUT2D eigenvalue weighted by molar-refractivity contribution is -0.132. The number of aryl methyl sites for hydroxylation is 1. The maximum absolute atomic E-state index is 12.6. The minimum atomic E-state index is 0.00278. The Balaban J connectivity index is 1.58. The van der Waals surface area contributed by atoms with Crippen molar-refractivity contribution in [3.05, 3.63) is 29.3 Å². The van der Waals surface area contributed by atoms with Gasteiger partial charge >= 0.3 is 0 Å². The number of benzene rings is 1. The van der Waals surface area contributed by atoms with E-state index < -0.39 is 0 Å². The van der Waals surface area contributed by atoms with Gasteiger partial charge in [0.2, 0.25) is 0 Å². The molecule has 4 aliphatic rings. The first-order valence-electron chi connectivity index (χ1n) is 8.80. The molecular formula is C20H24O2. The van der Waals surface area contributed by atoms with Gasteiger partial charge in [-0.25, -0.2) is 0 Å². The van der Waals surface area contributed by atoms with Gasteiger partial charge in [-0.15, -0.1) is 0 Å². The van der Waals surface area contributed by atoms with Crippen molar-refractivity contribution < 1.29 is 9.53 Å². The molecule has 0 radical (unpaired) electrons. The molecule has 1 aromatic rings. The third-order valence-electron chi connectivity index (χ3n) is 7.80. The molecule has 0 saturated heterocycles. The SMILES string of the molecule is COc1ccc2c(c1)CC[C@@H]1[C@@H]2CC[C@]2(C)C(=O)C[C@@H]3C[C@@]312. The summed E-state index contributed by atoms with van der Waals surface area (Å²) in [4.78, 5) is 12.6. The lowest BCUT2D eigenvalue weighted by atomic mass is 9.52. The van der Waals surface area contributed by atoms with Crippen LogP contribution in [0.25, 0.3) is 0 Å². The van der Waals surface area contributed by atoms with Crippen LogP contribution in [-0.2, 0) is 11.2 Å². The van der Waals surface area contributed by atoms with Crippen LogP contribution < -0.4 is 4.74 Å². The number of ketones is 1. The van der Waals surface area contributed by atoms with Crippen molar-refractivity contribution in [3.8, 4) is 5.75 Å². The quantitative estimate of drug-likeness (QED) is 0.779. The summed E-state index contributed by atoms with van der Waals surface area (Å²) in [7, 11) is 1.75. The summed E-state index contributed by atoms with van der Waals surface area (Å²) in [6.45, 7) is 2.29. The molecular weight excluding hydrogens is 272 g/mol.